The zero-order valence-electron chi connectivity index (χ0n) is 8.26. The summed E-state index contributed by atoms with van der Waals surface area (Å²) in [6, 6.07) is 1.85. The van der Waals surface area contributed by atoms with Gasteiger partial charge in [0.25, 0.3) is 6.43 Å². The predicted molar refractivity (Wildman–Crippen MR) is 49.9 cm³/mol. The van der Waals surface area contributed by atoms with Gasteiger partial charge in [0.2, 0.25) is 0 Å². The Labute approximate surface area is 81.9 Å². The molecule has 1 aromatic rings. The van der Waals surface area contributed by atoms with Gasteiger partial charge in [0.05, 0.1) is 6.20 Å². The Morgan fingerprint density at radius 2 is 2.21 bits per heavy atom. The molecule has 1 aromatic heterocycles. The van der Waals surface area contributed by atoms with Crippen molar-refractivity contribution in [3.8, 4) is 5.75 Å². The number of nitrogens with zero attached hydrogens (tertiary/aromatic N) is 1. The lowest BCUT2D eigenvalue weighted by Crippen LogP contribution is -2.08. The van der Waals surface area contributed by atoms with Crippen LogP contribution in [0.5, 0.6) is 5.75 Å². The minimum Gasteiger partial charge on any atom is -0.486 e. The average molecular weight is 201 g/mol. The van der Waals surface area contributed by atoms with Crippen molar-refractivity contribution in [2.24, 2.45) is 0 Å². The van der Waals surface area contributed by atoms with Gasteiger partial charge in [0, 0.05) is 5.69 Å². The molecule has 0 atom stereocenters. The number of halogens is 2. The maximum Gasteiger partial charge on any atom is 0.272 e. The lowest BCUT2D eigenvalue weighted by molar-refractivity contribution is 0.0814. The molecule has 0 aromatic carbocycles. The zero-order valence-corrected chi connectivity index (χ0v) is 8.26. The molecule has 0 spiro atoms. The first-order chi connectivity index (χ1) is 6.63. The average Bonchev–Trinajstić information content (AvgIpc) is 2.15. The van der Waals surface area contributed by atoms with Crippen LogP contribution < -0.4 is 4.74 Å². The van der Waals surface area contributed by atoms with Gasteiger partial charge in [-0.25, -0.2) is 8.78 Å². The summed E-state index contributed by atoms with van der Waals surface area (Å²) < 4.78 is 28.6. The molecule has 0 fully saturated rings. The van der Waals surface area contributed by atoms with Crippen molar-refractivity contribution >= 4 is 0 Å². The monoisotopic (exact) mass is 201 g/mol. The summed E-state index contributed by atoms with van der Waals surface area (Å²) in [5, 5.41) is 0. The number of hydrogen-bond acceptors (Lipinski definition) is 2. The van der Waals surface area contributed by atoms with Gasteiger partial charge >= 0.3 is 0 Å². The van der Waals surface area contributed by atoms with Crippen molar-refractivity contribution in [3.63, 3.8) is 0 Å². The second-order valence-electron chi connectivity index (χ2n) is 3.00. The molecule has 0 aliphatic carbocycles. The van der Waals surface area contributed by atoms with Crippen LogP contribution >= 0.6 is 0 Å². The lowest BCUT2D eigenvalue weighted by atomic mass is 10.2. The second kappa shape index (κ2) is 4.88. The fourth-order valence-electron chi connectivity index (χ4n) is 1.10. The molecular weight excluding hydrogens is 188 g/mol. The smallest absolute Gasteiger partial charge is 0.272 e. The van der Waals surface area contributed by atoms with Crippen LogP contribution in [-0.2, 0) is 6.42 Å². The molecule has 0 saturated heterocycles. The van der Waals surface area contributed by atoms with E-state index in [1.165, 1.54) is 6.20 Å². The molecule has 0 bridgehead atoms. The van der Waals surface area contributed by atoms with E-state index in [1.54, 1.807) is 0 Å². The molecule has 0 saturated carbocycles. The van der Waals surface area contributed by atoms with Gasteiger partial charge in [-0.05, 0) is 25.0 Å². The van der Waals surface area contributed by atoms with E-state index in [0.717, 1.165) is 17.7 Å². The number of ether oxygens (including phenoxy) is 1. The van der Waals surface area contributed by atoms with Gasteiger partial charge in [0.15, 0.2) is 0 Å². The van der Waals surface area contributed by atoms with Crippen LogP contribution in [0.4, 0.5) is 8.78 Å². The third-order valence-electron chi connectivity index (χ3n) is 1.85. The molecule has 14 heavy (non-hydrogen) atoms. The van der Waals surface area contributed by atoms with Gasteiger partial charge in [-0.2, -0.15) is 0 Å². The Morgan fingerprint density at radius 1 is 1.50 bits per heavy atom. The summed E-state index contributed by atoms with van der Waals surface area (Å²) in [6.07, 6.45) is -0.118. The molecular formula is C10H13F2NO. The van der Waals surface area contributed by atoms with Crippen LogP contribution in [0.2, 0.25) is 0 Å². The summed E-state index contributed by atoms with van der Waals surface area (Å²) in [7, 11) is 0. The molecule has 1 rings (SSSR count). The topological polar surface area (TPSA) is 22.1 Å². The third kappa shape index (κ3) is 2.94. The molecule has 0 N–H and O–H groups in total. The van der Waals surface area contributed by atoms with E-state index in [1.807, 2.05) is 19.9 Å². The van der Waals surface area contributed by atoms with E-state index in [-0.39, 0.29) is 0 Å². The molecule has 4 heteroatoms. The van der Waals surface area contributed by atoms with E-state index < -0.39 is 13.0 Å². The number of aryl methyl sites for hydroxylation is 2. The minimum absolute atomic E-state index is 0.433. The zero-order chi connectivity index (χ0) is 10.6. The summed E-state index contributed by atoms with van der Waals surface area (Å²) in [5.41, 5.74) is 1.78. The Hall–Kier alpha value is -1.19. The first-order valence-corrected chi connectivity index (χ1v) is 4.50. The maximum atomic E-state index is 11.9. The molecule has 0 amide bonds. The Balaban J connectivity index is 2.69. The summed E-state index contributed by atoms with van der Waals surface area (Å²) in [5.74, 6) is 0.433. The number of aromatic nitrogens is 1. The molecule has 0 unspecified atom stereocenters. The standard InChI is InChI=1S/C10H13F2NO/c1-3-8-4-7(2)9(5-13-8)14-6-10(11)12/h4-5,10H,3,6H2,1-2H3. The van der Waals surface area contributed by atoms with Crippen LogP contribution in [0, 0.1) is 6.92 Å². The van der Waals surface area contributed by atoms with Crippen molar-refractivity contribution in [1.29, 1.82) is 0 Å². The minimum atomic E-state index is -2.44. The highest BCUT2D eigenvalue weighted by molar-refractivity contribution is 5.31. The van der Waals surface area contributed by atoms with Gasteiger partial charge in [-0.15, -0.1) is 0 Å². The van der Waals surface area contributed by atoms with E-state index in [9.17, 15) is 8.78 Å². The first kappa shape index (κ1) is 10.9. The van der Waals surface area contributed by atoms with Crippen molar-refractivity contribution < 1.29 is 13.5 Å². The molecule has 0 aliphatic heterocycles. The van der Waals surface area contributed by atoms with Crippen LogP contribution in [0.1, 0.15) is 18.2 Å². The van der Waals surface area contributed by atoms with E-state index in [0.29, 0.717) is 5.75 Å². The summed E-state index contributed by atoms with van der Waals surface area (Å²) in [6.45, 7) is 3.23. The molecule has 1 heterocycles. The summed E-state index contributed by atoms with van der Waals surface area (Å²) in [4.78, 5) is 4.07. The number of alkyl halides is 2. The van der Waals surface area contributed by atoms with Crippen LogP contribution in [0.3, 0.4) is 0 Å². The second-order valence-corrected chi connectivity index (χ2v) is 3.00. The fraction of sp³-hybridized carbons (Fsp3) is 0.500. The van der Waals surface area contributed by atoms with Crippen LogP contribution in [-0.4, -0.2) is 18.0 Å². The van der Waals surface area contributed by atoms with Gasteiger partial charge in [-0.3, -0.25) is 4.98 Å². The molecule has 78 valence electrons. The molecule has 2 nitrogen and oxygen atoms in total. The molecule has 0 radical (unpaired) electrons. The van der Waals surface area contributed by atoms with Crippen molar-refractivity contribution in [1.82, 2.24) is 4.98 Å². The Bertz CT molecular complexity index is 302. The van der Waals surface area contributed by atoms with Gasteiger partial charge in [0.1, 0.15) is 12.4 Å². The highest BCUT2D eigenvalue weighted by Gasteiger charge is 2.06. The summed E-state index contributed by atoms with van der Waals surface area (Å²) >= 11 is 0. The van der Waals surface area contributed by atoms with Gasteiger partial charge in [-0.1, -0.05) is 6.92 Å². The highest BCUT2D eigenvalue weighted by Crippen LogP contribution is 2.17. The maximum absolute atomic E-state index is 11.9. The number of pyridine rings is 1. The van der Waals surface area contributed by atoms with Gasteiger partial charge < -0.3 is 4.74 Å². The predicted octanol–water partition coefficient (Wildman–Crippen LogP) is 2.60. The van der Waals surface area contributed by atoms with E-state index >= 15 is 0 Å². The largest absolute Gasteiger partial charge is 0.486 e. The number of rotatable bonds is 4. The third-order valence-corrected chi connectivity index (χ3v) is 1.85. The first-order valence-electron chi connectivity index (χ1n) is 4.50. The fourth-order valence-corrected chi connectivity index (χ4v) is 1.10. The lowest BCUT2D eigenvalue weighted by Gasteiger charge is -2.08. The normalized spacial score (nSPS) is 10.6. The highest BCUT2D eigenvalue weighted by atomic mass is 19.3. The van der Waals surface area contributed by atoms with Crippen molar-refractivity contribution in [2.75, 3.05) is 6.61 Å². The van der Waals surface area contributed by atoms with Crippen molar-refractivity contribution in [2.45, 2.75) is 26.7 Å². The Kier molecular flexibility index (Phi) is 3.80. The van der Waals surface area contributed by atoms with Crippen LogP contribution in [0.25, 0.3) is 0 Å². The Morgan fingerprint density at radius 3 is 2.71 bits per heavy atom. The quantitative estimate of drug-likeness (QED) is 0.747. The molecule has 0 aliphatic rings. The van der Waals surface area contributed by atoms with E-state index in [2.05, 4.69) is 4.98 Å². The number of hydrogen-bond donors (Lipinski definition) is 0. The van der Waals surface area contributed by atoms with Crippen molar-refractivity contribution in [3.05, 3.63) is 23.5 Å². The van der Waals surface area contributed by atoms with Crippen LogP contribution in [0.15, 0.2) is 12.3 Å². The SMILES string of the molecule is CCc1cc(C)c(OCC(F)F)cn1. The van der Waals surface area contributed by atoms with E-state index in [4.69, 9.17) is 4.74 Å².